The normalized spacial score (nSPS) is 12.5. The van der Waals surface area contributed by atoms with Crippen LogP contribution in [0.25, 0.3) is 0 Å². The van der Waals surface area contributed by atoms with Crippen LogP contribution in [-0.2, 0) is 0 Å². The molecule has 94 valence electrons. The fraction of sp³-hybridized carbons (Fsp3) is 0.538. The van der Waals surface area contributed by atoms with Gasteiger partial charge in [-0.2, -0.15) is 0 Å². The Morgan fingerprint density at radius 1 is 1.29 bits per heavy atom. The number of hydrogen-bond acceptors (Lipinski definition) is 3. The van der Waals surface area contributed by atoms with Gasteiger partial charge in [0.05, 0.1) is 4.92 Å². The summed E-state index contributed by atoms with van der Waals surface area (Å²) in [5.41, 5.74) is 0.946. The Labute approximate surface area is 102 Å². The molecular formula is C13H20N2O2. The minimum atomic E-state index is -0.371. The van der Waals surface area contributed by atoms with Crippen LogP contribution >= 0.6 is 0 Å². The second-order valence-electron chi connectivity index (χ2n) is 4.82. The number of nitrogens with one attached hydrogen (secondary N) is 1. The Kier molecular flexibility index (Phi) is 4.94. The van der Waals surface area contributed by atoms with Gasteiger partial charge < -0.3 is 5.32 Å². The lowest BCUT2D eigenvalue weighted by Crippen LogP contribution is -2.15. The number of nitro groups is 1. The molecule has 0 aromatic heterocycles. The summed E-state index contributed by atoms with van der Waals surface area (Å²) >= 11 is 0. The van der Waals surface area contributed by atoms with Crippen LogP contribution in [0.15, 0.2) is 24.3 Å². The summed E-state index contributed by atoms with van der Waals surface area (Å²) in [4.78, 5) is 10.3. The highest BCUT2D eigenvalue weighted by Crippen LogP contribution is 2.19. The molecule has 0 saturated carbocycles. The van der Waals surface area contributed by atoms with Gasteiger partial charge >= 0.3 is 0 Å². The molecule has 1 aromatic carbocycles. The highest BCUT2D eigenvalue weighted by atomic mass is 16.6. The van der Waals surface area contributed by atoms with E-state index in [0.29, 0.717) is 12.0 Å². The Morgan fingerprint density at radius 3 is 2.59 bits per heavy atom. The summed E-state index contributed by atoms with van der Waals surface area (Å²) in [6.45, 7) is 6.49. The third-order valence-corrected chi connectivity index (χ3v) is 2.65. The van der Waals surface area contributed by atoms with Crippen LogP contribution in [-0.4, -0.2) is 11.0 Å². The first-order chi connectivity index (χ1) is 7.99. The molecule has 0 fully saturated rings. The van der Waals surface area contributed by atoms with Crippen LogP contribution in [0.2, 0.25) is 0 Å². The molecule has 0 amide bonds. The molecule has 1 unspecified atom stereocenters. The predicted molar refractivity (Wildman–Crippen MR) is 70.3 cm³/mol. The van der Waals surface area contributed by atoms with Crippen LogP contribution in [0, 0.1) is 16.0 Å². The molecule has 1 rings (SSSR count). The maximum Gasteiger partial charge on any atom is 0.271 e. The van der Waals surface area contributed by atoms with Gasteiger partial charge in [0.2, 0.25) is 0 Å². The zero-order valence-electron chi connectivity index (χ0n) is 10.6. The van der Waals surface area contributed by atoms with E-state index >= 15 is 0 Å². The standard InChI is InChI=1S/C13H20N2O2/c1-10(2)7-8-11(3)14-12-5-4-6-13(9-12)15(16)17/h4-6,9-11,14H,7-8H2,1-3H3. The molecule has 0 radical (unpaired) electrons. The van der Waals surface area contributed by atoms with Crippen molar-refractivity contribution < 1.29 is 4.92 Å². The van der Waals surface area contributed by atoms with Crippen molar-refractivity contribution in [1.82, 2.24) is 0 Å². The van der Waals surface area contributed by atoms with Crippen molar-refractivity contribution in [2.75, 3.05) is 5.32 Å². The Morgan fingerprint density at radius 2 is 2.00 bits per heavy atom. The number of hydrogen-bond donors (Lipinski definition) is 1. The first-order valence-corrected chi connectivity index (χ1v) is 6.00. The zero-order valence-corrected chi connectivity index (χ0v) is 10.6. The van der Waals surface area contributed by atoms with E-state index in [2.05, 4.69) is 26.1 Å². The number of non-ortho nitro benzene ring substituents is 1. The van der Waals surface area contributed by atoms with Crippen LogP contribution in [0.4, 0.5) is 11.4 Å². The summed E-state index contributed by atoms with van der Waals surface area (Å²) in [7, 11) is 0. The largest absolute Gasteiger partial charge is 0.382 e. The fourth-order valence-electron chi connectivity index (χ4n) is 1.65. The van der Waals surface area contributed by atoms with E-state index < -0.39 is 0 Å². The lowest BCUT2D eigenvalue weighted by atomic mass is 10.0. The summed E-state index contributed by atoms with van der Waals surface area (Å²) in [6.07, 6.45) is 2.23. The van der Waals surface area contributed by atoms with Crippen molar-refractivity contribution in [3.05, 3.63) is 34.4 Å². The summed E-state index contributed by atoms with van der Waals surface area (Å²) in [5.74, 6) is 0.685. The average molecular weight is 236 g/mol. The van der Waals surface area contributed by atoms with E-state index in [9.17, 15) is 10.1 Å². The number of nitrogens with zero attached hydrogens (tertiary/aromatic N) is 1. The lowest BCUT2D eigenvalue weighted by molar-refractivity contribution is -0.384. The van der Waals surface area contributed by atoms with Gasteiger partial charge in [-0.3, -0.25) is 10.1 Å². The highest BCUT2D eigenvalue weighted by molar-refractivity contribution is 5.51. The highest BCUT2D eigenvalue weighted by Gasteiger charge is 2.08. The smallest absolute Gasteiger partial charge is 0.271 e. The van der Waals surface area contributed by atoms with Gasteiger partial charge in [0.1, 0.15) is 0 Å². The van der Waals surface area contributed by atoms with E-state index in [1.54, 1.807) is 12.1 Å². The molecule has 0 aliphatic heterocycles. The first kappa shape index (κ1) is 13.5. The maximum absolute atomic E-state index is 10.6. The summed E-state index contributed by atoms with van der Waals surface area (Å²) in [6, 6.07) is 6.98. The minimum Gasteiger partial charge on any atom is -0.382 e. The van der Waals surface area contributed by atoms with Gasteiger partial charge in [0, 0.05) is 23.9 Å². The zero-order chi connectivity index (χ0) is 12.8. The van der Waals surface area contributed by atoms with E-state index in [1.807, 2.05) is 6.07 Å². The molecule has 1 atom stereocenters. The molecule has 17 heavy (non-hydrogen) atoms. The number of benzene rings is 1. The van der Waals surface area contributed by atoms with E-state index in [1.165, 1.54) is 6.07 Å². The van der Waals surface area contributed by atoms with Gasteiger partial charge in [0.15, 0.2) is 0 Å². The van der Waals surface area contributed by atoms with Gasteiger partial charge in [-0.1, -0.05) is 19.9 Å². The molecule has 0 saturated heterocycles. The average Bonchev–Trinajstić information content (AvgIpc) is 2.26. The monoisotopic (exact) mass is 236 g/mol. The minimum absolute atomic E-state index is 0.131. The van der Waals surface area contributed by atoms with Gasteiger partial charge in [-0.05, 0) is 31.7 Å². The molecule has 0 bridgehead atoms. The number of rotatable bonds is 6. The quantitative estimate of drug-likeness (QED) is 0.603. The van der Waals surface area contributed by atoms with Crippen molar-refractivity contribution in [2.45, 2.75) is 39.7 Å². The van der Waals surface area contributed by atoms with Gasteiger partial charge in [0.25, 0.3) is 5.69 Å². The van der Waals surface area contributed by atoms with Crippen LogP contribution in [0.3, 0.4) is 0 Å². The summed E-state index contributed by atoms with van der Waals surface area (Å²) < 4.78 is 0. The molecule has 0 spiro atoms. The SMILES string of the molecule is CC(C)CCC(C)Nc1cccc([N+](=O)[O-])c1. The van der Waals surface area contributed by atoms with Crippen molar-refractivity contribution in [3.63, 3.8) is 0 Å². The third-order valence-electron chi connectivity index (χ3n) is 2.65. The van der Waals surface area contributed by atoms with Crippen molar-refractivity contribution >= 4 is 11.4 Å². The van der Waals surface area contributed by atoms with Gasteiger partial charge in [-0.25, -0.2) is 0 Å². The Balaban J connectivity index is 2.56. The second kappa shape index (κ2) is 6.23. The predicted octanol–water partition coefficient (Wildman–Crippen LogP) is 3.83. The molecule has 4 nitrogen and oxygen atoms in total. The van der Waals surface area contributed by atoms with E-state index in [-0.39, 0.29) is 10.6 Å². The summed E-state index contributed by atoms with van der Waals surface area (Å²) in [5, 5.41) is 13.9. The van der Waals surface area contributed by atoms with Crippen molar-refractivity contribution in [1.29, 1.82) is 0 Å². The molecular weight excluding hydrogens is 216 g/mol. The lowest BCUT2D eigenvalue weighted by Gasteiger charge is -2.16. The fourth-order valence-corrected chi connectivity index (χ4v) is 1.65. The Hall–Kier alpha value is -1.58. The molecule has 0 aliphatic carbocycles. The molecule has 1 N–H and O–H groups in total. The van der Waals surface area contributed by atoms with Crippen LogP contribution in [0.1, 0.15) is 33.6 Å². The van der Waals surface area contributed by atoms with Gasteiger partial charge in [-0.15, -0.1) is 0 Å². The molecule has 4 heteroatoms. The van der Waals surface area contributed by atoms with E-state index in [0.717, 1.165) is 18.5 Å². The second-order valence-corrected chi connectivity index (χ2v) is 4.82. The first-order valence-electron chi connectivity index (χ1n) is 6.00. The third kappa shape index (κ3) is 4.85. The van der Waals surface area contributed by atoms with Crippen LogP contribution in [0.5, 0.6) is 0 Å². The Bertz CT molecular complexity index is 377. The molecule has 0 heterocycles. The van der Waals surface area contributed by atoms with Crippen LogP contribution < -0.4 is 5.32 Å². The topological polar surface area (TPSA) is 55.2 Å². The number of anilines is 1. The van der Waals surface area contributed by atoms with E-state index in [4.69, 9.17) is 0 Å². The molecule has 1 aromatic rings. The van der Waals surface area contributed by atoms with Crippen molar-refractivity contribution in [3.8, 4) is 0 Å². The maximum atomic E-state index is 10.6. The number of nitro benzene ring substituents is 1. The molecule has 0 aliphatic rings. The van der Waals surface area contributed by atoms with Crippen molar-refractivity contribution in [2.24, 2.45) is 5.92 Å².